The number of rotatable bonds is 10. The molecule has 0 heterocycles. The number of benzene rings is 2. The number of aryl methyl sites for hydroxylation is 2. The van der Waals surface area contributed by atoms with E-state index < -0.39 is 5.97 Å². The summed E-state index contributed by atoms with van der Waals surface area (Å²) in [7, 11) is 0. The van der Waals surface area contributed by atoms with Crippen molar-refractivity contribution in [3.63, 3.8) is 0 Å². The number of phenolic OH excluding ortho intramolecular Hbond substituents is 1. The van der Waals surface area contributed by atoms with Crippen LogP contribution in [0.5, 0.6) is 11.5 Å². The molecule has 0 bridgehead atoms. The second-order valence-corrected chi connectivity index (χ2v) is 7.98. The van der Waals surface area contributed by atoms with Crippen LogP contribution in [0, 0.1) is 0 Å². The Morgan fingerprint density at radius 2 is 1.70 bits per heavy atom. The van der Waals surface area contributed by atoms with E-state index in [1.807, 2.05) is 43.3 Å². The largest absolute Gasteiger partial charge is 0.508 e. The first kappa shape index (κ1) is 23.3. The number of phenols is 2. The molecule has 2 aromatic rings. The van der Waals surface area contributed by atoms with Gasteiger partial charge in [-0.05, 0) is 76.5 Å². The molecular weight excluding hydrogens is 376 g/mol. The van der Waals surface area contributed by atoms with Crippen LogP contribution < -0.4 is 0 Å². The van der Waals surface area contributed by atoms with Crippen molar-refractivity contribution < 1.29 is 20.1 Å². The molecule has 0 aromatic heterocycles. The standard InChI is InChI=1S/C26H32O4/c1-18(2)9-7-10-19(3)15-16-22-23(27)17-21(24(25(22)28)26(29)30)14-8-13-20-11-5-4-6-12-20/h4-6,9,11-12,15,17,27-28H,7-8,10,13-14,16H2,1-3H3,(H,29,30)/b19-15+. The van der Waals surface area contributed by atoms with E-state index in [-0.39, 0.29) is 22.6 Å². The van der Waals surface area contributed by atoms with Crippen molar-refractivity contribution in [1.29, 1.82) is 0 Å². The van der Waals surface area contributed by atoms with Gasteiger partial charge in [0.15, 0.2) is 0 Å². The highest BCUT2D eigenvalue weighted by Gasteiger charge is 2.21. The third-order valence-corrected chi connectivity index (χ3v) is 5.18. The first-order valence-electron chi connectivity index (χ1n) is 10.4. The van der Waals surface area contributed by atoms with Gasteiger partial charge in [0, 0.05) is 5.56 Å². The molecule has 0 unspecified atom stereocenters. The maximum absolute atomic E-state index is 11.8. The second kappa shape index (κ2) is 11.2. The summed E-state index contributed by atoms with van der Waals surface area (Å²) >= 11 is 0. The summed E-state index contributed by atoms with van der Waals surface area (Å²) in [5.41, 5.74) is 4.20. The monoisotopic (exact) mass is 408 g/mol. The fourth-order valence-corrected chi connectivity index (χ4v) is 3.48. The molecule has 0 fully saturated rings. The Labute approximate surface area is 179 Å². The zero-order chi connectivity index (χ0) is 22.1. The van der Waals surface area contributed by atoms with E-state index in [0.717, 1.165) is 31.3 Å². The lowest BCUT2D eigenvalue weighted by atomic mass is 9.94. The van der Waals surface area contributed by atoms with Crippen molar-refractivity contribution in [2.75, 3.05) is 0 Å². The van der Waals surface area contributed by atoms with Crippen molar-refractivity contribution in [3.8, 4) is 11.5 Å². The van der Waals surface area contributed by atoms with Crippen LogP contribution in [0.25, 0.3) is 0 Å². The van der Waals surface area contributed by atoms with Gasteiger partial charge >= 0.3 is 5.97 Å². The maximum atomic E-state index is 11.8. The van der Waals surface area contributed by atoms with Crippen molar-refractivity contribution in [3.05, 3.63) is 82.0 Å². The molecule has 0 radical (unpaired) electrons. The van der Waals surface area contributed by atoms with Gasteiger partial charge in [-0.2, -0.15) is 0 Å². The van der Waals surface area contributed by atoms with Crippen molar-refractivity contribution in [2.24, 2.45) is 0 Å². The van der Waals surface area contributed by atoms with E-state index in [4.69, 9.17) is 0 Å². The fourth-order valence-electron chi connectivity index (χ4n) is 3.48. The number of aromatic hydroxyl groups is 2. The summed E-state index contributed by atoms with van der Waals surface area (Å²) in [5.74, 6) is -1.56. The van der Waals surface area contributed by atoms with Gasteiger partial charge in [0.25, 0.3) is 0 Å². The van der Waals surface area contributed by atoms with Crippen LogP contribution in [-0.2, 0) is 19.3 Å². The van der Waals surface area contributed by atoms with Gasteiger partial charge in [0.05, 0.1) is 0 Å². The quantitative estimate of drug-likeness (QED) is 0.409. The summed E-state index contributed by atoms with van der Waals surface area (Å²) in [6.07, 6.45) is 8.22. The molecule has 0 amide bonds. The molecule has 2 aromatic carbocycles. The van der Waals surface area contributed by atoms with Crippen LogP contribution in [0.2, 0.25) is 0 Å². The number of hydrogen-bond acceptors (Lipinski definition) is 3. The molecule has 0 spiro atoms. The fraction of sp³-hybridized carbons (Fsp3) is 0.346. The molecule has 160 valence electrons. The summed E-state index contributed by atoms with van der Waals surface area (Å²) < 4.78 is 0. The molecule has 4 heteroatoms. The highest BCUT2D eigenvalue weighted by atomic mass is 16.4. The zero-order valence-corrected chi connectivity index (χ0v) is 18.1. The van der Waals surface area contributed by atoms with Crippen LogP contribution in [-0.4, -0.2) is 21.3 Å². The summed E-state index contributed by atoms with van der Waals surface area (Å²) in [6.45, 7) is 6.12. The molecule has 2 rings (SSSR count). The molecule has 0 aliphatic heterocycles. The van der Waals surface area contributed by atoms with E-state index in [2.05, 4.69) is 19.9 Å². The molecule has 0 aliphatic rings. The average Bonchev–Trinajstić information content (AvgIpc) is 2.67. The van der Waals surface area contributed by atoms with Gasteiger partial charge in [-0.3, -0.25) is 0 Å². The van der Waals surface area contributed by atoms with E-state index in [1.54, 1.807) is 0 Å². The minimum absolute atomic E-state index is 0.0550. The summed E-state index contributed by atoms with van der Waals surface area (Å²) in [5, 5.41) is 30.7. The third kappa shape index (κ3) is 6.80. The smallest absolute Gasteiger partial charge is 0.339 e. The minimum Gasteiger partial charge on any atom is -0.508 e. The number of allylic oxidation sites excluding steroid dienone is 4. The molecular formula is C26H32O4. The molecule has 0 saturated heterocycles. The topological polar surface area (TPSA) is 77.8 Å². The first-order chi connectivity index (χ1) is 14.3. The van der Waals surface area contributed by atoms with Crippen molar-refractivity contribution in [2.45, 2.75) is 59.3 Å². The Morgan fingerprint density at radius 3 is 2.33 bits per heavy atom. The number of aromatic carboxylic acids is 1. The number of carboxylic acid groups (broad SMARTS) is 1. The Bertz CT molecular complexity index is 920. The van der Waals surface area contributed by atoms with E-state index >= 15 is 0 Å². The van der Waals surface area contributed by atoms with Crippen LogP contribution in [0.15, 0.2) is 59.7 Å². The van der Waals surface area contributed by atoms with Crippen LogP contribution in [0.1, 0.15) is 67.1 Å². The van der Waals surface area contributed by atoms with Gasteiger partial charge in [0.2, 0.25) is 0 Å². The SMILES string of the molecule is CC(C)=CCC/C(C)=C/Cc1c(O)cc(CCCc2ccccc2)c(C(=O)O)c1O. The first-order valence-corrected chi connectivity index (χ1v) is 10.4. The van der Waals surface area contributed by atoms with Crippen LogP contribution in [0.4, 0.5) is 0 Å². The lowest BCUT2D eigenvalue weighted by Gasteiger charge is -2.14. The van der Waals surface area contributed by atoms with Gasteiger partial charge in [-0.25, -0.2) is 4.79 Å². The van der Waals surface area contributed by atoms with Crippen molar-refractivity contribution >= 4 is 5.97 Å². The number of hydrogen-bond donors (Lipinski definition) is 3. The number of carbonyl (C=O) groups is 1. The normalized spacial score (nSPS) is 11.4. The molecule has 3 N–H and O–H groups in total. The summed E-state index contributed by atoms with van der Waals surface area (Å²) in [4.78, 5) is 11.8. The predicted octanol–water partition coefficient (Wildman–Crippen LogP) is 6.21. The maximum Gasteiger partial charge on any atom is 0.339 e. The van der Waals surface area contributed by atoms with Crippen LogP contribution >= 0.6 is 0 Å². The Kier molecular flexibility index (Phi) is 8.72. The predicted molar refractivity (Wildman–Crippen MR) is 121 cm³/mol. The molecule has 4 nitrogen and oxygen atoms in total. The second-order valence-electron chi connectivity index (χ2n) is 7.98. The average molecular weight is 409 g/mol. The van der Waals surface area contributed by atoms with E-state index in [0.29, 0.717) is 18.4 Å². The van der Waals surface area contributed by atoms with E-state index in [1.165, 1.54) is 17.2 Å². The molecule has 30 heavy (non-hydrogen) atoms. The highest BCUT2D eigenvalue weighted by Crippen LogP contribution is 2.35. The van der Waals surface area contributed by atoms with Crippen LogP contribution in [0.3, 0.4) is 0 Å². The molecule has 0 saturated carbocycles. The van der Waals surface area contributed by atoms with E-state index in [9.17, 15) is 20.1 Å². The lowest BCUT2D eigenvalue weighted by molar-refractivity contribution is 0.0692. The van der Waals surface area contributed by atoms with Gasteiger partial charge in [-0.15, -0.1) is 0 Å². The number of carboxylic acids is 1. The summed E-state index contributed by atoms with van der Waals surface area (Å²) in [6, 6.07) is 11.5. The molecule has 0 atom stereocenters. The Morgan fingerprint density at radius 1 is 1.00 bits per heavy atom. The van der Waals surface area contributed by atoms with Gasteiger partial charge < -0.3 is 15.3 Å². The van der Waals surface area contributed by atoms with Crippen molar-refractivity contribution in [1.82, 2.24) is 0 Å². The minimum atomic E-state index is -1.17. The zero-order valence-electron chi connectivity index (χ0n) is 18.1. The molecule has 0 aliphatic carbocycles. The van der Waals surface area contributed by atoms with Gasteiger partial charge in [-0.1, -0.05) is 53.6 Å². The Balaban J connectivity index is 2.16. The third-order valence-electron chi connectivity index (χ3n) is 5.18. The van der Waals surface area contributed by atoms with Gasteiger partial charge in [0.1, 0.15) is 17.1 Å². The lowest BCUT2D eigenvalue weighted by Crippen LogP contribution is -2.06. The Hall–Kier alpha value is -3.01. The highest BCUT2D eigenvalue weighted by molar-refractivity contribution is 5.93.